The van der Waals surface area contributed by atoms with Gasteiger partial charge in [0.2, 0.25) is 0 Å². The van der Waals surface area contributed by atoms with Gasteiger partial charge in [-0.1, -0.05) is 12.1 Å². The first-order chi connectivity index (χ1) is 9.50. The van der Waals surface area contributed by atoms with Crippen molar-refractivity contribution in [2.45, 2.75) is 13.3 Å². The van der Waals surface area contributed by atoms with Gasteiger partial charge in [-0.2, -0.15) is 0 Å². The summed E-state index contributed by atoms with van der Waals surface area (Å²) in [6, 6.07) is 6.38. The summed E-state index contributed by atoms with van der Waals surface area (Å²) in [5.74, 6) is 1.00. The lowest BCUT2D eigenvalue weighted by atomic mass is 10.1. The molecule has 0 aliphatic heterocycles. The molecule has 1 aromatic carbocycles. The molecule has 2 rings (SSSR count). The van der Waals surface area contributed by atoms with Gasteiger partial charge < -0.3 is 14.8 Å². The average molecular weight is 400 g/mol. The first-order valence-corrected chi connectivity index (χ1v) is 6.95. The topological polar surface area (TPSA) is 34.6 Å². The Morgan fingerprint density at radius 1 is 1.14 bits per heavy atom. The van der Waals surface area contributed by atoms with Crippen molar-refractivity contribution in [3.05, 3.63) is 35.5 Å². The fraction of sp³-hybridized carbons (Fsp3) is 0.438. The molecule has 0 unspecified atom stereocenters. The second kappa shape index (κ2) is 7.68. The molecule has 0 aliphatic rings. The van der Waals surface area contributed by atoms with E-state index in [1.165, 1.54) is 22.0 Å². The van der Waals surface area contributed by atoms with Crippen LogP contribution in [0, 0.1) is 6.92 Å². The summed E-state index contributed by atoms with van der Waals surface area (Å²) in [5, 5.41) is 1.35. The highest BCUT2D eigenvalue weighted by molar-refractivity contribution is 14.0. The molecule has 0 atom stereocenters. The number of guanidine groups is 1. The molecule has 116 valence electrons. The Kier molecular flexibility index (Phi) is 6.51. The van der Waals surface area contributed by atoms with Crippen LogP contribution in [-0.4, -0.2) is 55.5 Å². The summed E-state index contributed by atoms with van der Waals surface area (Å²) in [4.78, 5) is 12.1. The van der Waals surface area contributed by atoms with Gasteiger partial charge in [0.25, 0.3) is 0 Å². The van der Waals surface area contributed by atoms with Crippen molar-refractivity contribution in [3.63, 3.8) is 0 Å². The van der Waals surface area contributed by atoms with Gasteiger partial charge in [0.1, 0.15) is 0 Å². The van der Waals surface area contributed by atoms with Crippen LogP contribution in [-0.2, 0) is 6.42 Å². The van der Waals surface area contributed by atoms with Crippen molar-refractivity contribution in [1.82, 2.24) is 14.8 Å². The van der Waals surface area contributed by atoms with Crippen molar-refractivity contribution in [1.29, 1.82) is 0 Å². The highest BCUT2D eigenvalue weighted by Gasteiger charge is 2.07. The molecule has 1 heterocycles. The van der Waals surface area contributed by atoms with Crippen molar-refractivity contribution >= 4 is 40.8 Å². The maximum Gasteiger partial charge on any atom is 0.195 e. The first kappa shape index (κ1) is 17.8. The van der Waals surface area contributed by atoms with Crippen LogP contribution in [0.25, 0.3) is 10.9 Å². The Morgan fingerprint density at radius 3 is 2.43 bits per heavy atom. The van der Waals surface area contributed by atoms with E-state index in [1.807, 2.05) is 38.0 Å². The number of halogens is 1. The maximum atomic E-state index is 4.69. The number of hydrogen-bond donors (Lipinski definition) is 1. The third kappa shape index (κ3) is 4.12. The maximum absolute atomic E-state index is 4.69. The summed E-state index contributed by atoms with van der Waals surface area (Å²) >= 11 is 0. The quantitative estimate of drug-likeness (QED) is 0.488. The Morgan fingerprint density at radius 2 is 1.81 bits per heavy atom. The number of H-pyrrole nitrogens is 1. The molecule has 0 radical (unpaired) electrons. The fourth-order valence-corrected chi connectivity index (χ4v) is 2.61. The number of nitrogens with one attached hydrogen (secondary N) is 1. The van der Waals surface area contributed by atoms with Crippen LogP contribution >= 0.6 is 24.0 Å². The van der Waals surface area contributed by atoms with Crippen molar-refractivity contribution in [2.75, 3.05) is 34.7 Å². The lowest BCUT2D eigenvalue weighted by Crippen LogP contribution is -2.35. The zero-order valence-electron chi connectivity index (χ0n) is 13.5. The third-order valence-electron chi connectivity index (χ3n) is 3.43. The van der Waals surface area contributed by atoms with Crippen LogP contribution in [0.5, 0.6) is 0 Å². The molecule has 0 saturated heterocycles. The third-order valence-corrected chi connectivity index (χ3v) is 3.43. The molecule has 21 heavy (non-hydrogen) atoms. The normalized spacial score (nSPS) is 10.1. The predicted molar refractivity (Wildman–Crippen MR) is 102 cm³/mol. The Hall–Kier alpha value is -1.24. The second-order valence-electron chi connectivity index (χ2n) is 5.53. The van der Waals surface area contributed by atoms with Gasteiger partial charge in [-0.25, -0.2) is 0 Å². The van der Waals surface area contributed by atoms with Gasteiger partial charge in [-0.05, 0) is 30.5 Å². The minimum Gasteiger partial charge on any atom is -0.361 e. The molecule has 0 bridgehead atoms. The minimum atomic E-state index is 0. The van der Waals surface area contributed by atoms with Crippen molar-refractivity contribution in [2.24, 2.45) is 4.99 Å². The summed E-state index contributed by atoms with van der Waals surface area (Å²) in [6.07, 6.45) is 3.06. The molecule has 5 heteroatoms. The number of aryl methyl sites for hydroxylation is 1. The van der Waals surface area contributed by atoms with E-state index in [0.717, 1.165) is 18.9 Å². The highest BCUT2D eigenvalue weighted by Crippen LogP contribution is 2.22. The first-order valence-electron chi connectivity index (χ1n) is 6.95. The van der Waals surface area contributed by atoms with Crippen molar-refractivity contribution in [3.8, 4) is 0 Å². The van der Waals surface area contributed by atoms with Crippen LogP contribution in [0.2, 0.25) is 0 Å². The van der Waals surface area contributed by atoms with Gasteiger partial charge in [0, 0.05) is 51.8 Å². The van der Waals surface area contributed by atoms with Gasteiger partial charge in [0.05, 0.1) is 0 Å². The molecule has 0 fully saturated rings. The van der Waals surface area contributed by atoms with Crippen LogP contribution in [0.1, 0.15) is 11.1 Å². The number of aliphatic imine (C=N–C) groups is 1. The van der Waals surface area contributed by atoms with E-state index in [0.29, 0.717) is 0 Å². The molecule has 1 aromatic heterocycles. The van der Waals surface area contributed by atoms with E-state index in [4.69, 9.17) is 0 Å². The summed E-state index contributed by atoms with van der Waals surface area (Å²) < 4.78 is 0. The van der Waals surface area contributed by atoms with Gasteiger partial charge in [0.15, 0.2) is 5.96 Å². The van der Waals surface area contributed by atoms with E-state index in [2.05, 4.69) is 41.3 Å². The Balaban J connectivity index is 0.00000220. The molecule has 0 spiro atoms. The van der Waals surface area contributed by atoms with Crippen LogP contribution in [0.4, 0.5) is 0 Å². The molecule has 0 aliphatic carbocycles. The zero-order chi connectivity index (χ0) is 14.7. The minimum absolute atomic E-state index is 0. The van der Waals surface area contributed by atoms with E-state index >= 15 is 0 Å². The number of nitrogens with zero attached hydrogens (tertiary/aromatic N) is 3. The van der Waals surface area contributed by atoms with E-state index in [-0.39, 0.29) is 24.0 Å². The summed E-state index contributed by atoms with van der Waals surface area (Å²) in [6.45, 7) is 2.96. The summed E-state index contributed by atoms with van der Waals surface area (Å²) in [7, 11) is 8.09. The molecule has 4 nitrogen and oxygen atoms in total. The number of rotatable bonds is 3. The molecule has 0 saturated carbocycles. The smallest absolute Gasteiger partial charge is 0.195 e. The lowest BCUT2D eigenvalue weighted by Gasteiger charge is -2.22. The Labute approximate surface area is 144 Å². The predicted octanol–water partition coefficient (Wildman–Crippen LogP) is 3.12. The number of aromatic nitrogens is 1. The van der Waals surface area contributed by atoms with Gasteiger partial charge in [-0.3, -0.25) is 4.99 Å². The van der Waals surface area contributed by atoms with Crippen LogP contribution in [0.15, 0.2) is 29.4 Å². The van der Waals surface area contributed by atoms with E-state index in [9.17, 15) is 0 Å². The van der Waals surface area contributed by atoms with Crippen LogP contribution in [0.3, 0.4) is 0 Å². The number of hydrogen-bond acceptors (Lipinski definition) is 1. The van der Waals surface area contributed by atoms with Crippen LogP contribution < -0.4 is 0 Å². The monoisotopic (exact) mass is 400 g/mol. The Bertz CT molecular complexity index is 604. The second-order valence-corrected chi connectivity index (χ2v) is 5.53. The summed E-state index contributed by atoms with van der Waals surface area (Å²) in [5.41, 5.74) is 3.88. The highest BCUT2D eigenvalue weighted by atomic mass is 127. The fourth-order valence-electron chi connectivity index (χ4n) is 2.61. The van der Waals surface area contributed by atoms with Gasteiger partial charge >= 0.3 is 0 Å². The average Bonchev–Trinajstić information content (AvgIpc) is 2.78. The number of fused-ring (bicyclic) bond motifs is 1. The SMILES string of the molecule is Cc1cccc2[nH]cc(CCN=C(N(C)C)N(C)C)c12.I. The largest absolute Gasteiger partial charge is 0.361 e. The van der Waals surface area contributed by atoms with Gasteiger partial charge in [-0.15, -0.1) is 24.0 Å². The molecule has 2 aromatic rings. The molecule has 1 N–H and O–H groups in total. The molecule has 0 amide bonds. The molecular weight excluding hydrogens is 375 g/mol. The van der Waals surface area contributed by atoms with E-state index < -0.39 is 0 Å². The number of benzene rings is 1. The molecular formula is C16H25IN4. The number of aromatic amines is 1. The lowest BCUT2D eigenvalue weighted by molar-refractivity contribution is 0.479. The standard InChI is InChI=1S/C16H24N4.HI/c1-12-7-6-8-14-15(12)13(11-18-14)9-10-17-16(19(2)3)20(4)5;/h6-8,11,18H,9-10H2,1-5H3;1H. The zero-order valence-corrected chi connectivity index (χ0v) is 15.8. The van der Waals surface area contributed by atoms with E-state index in [1.54, 1.807) is 0 Å². The van der Waals surface area contributed by atoms with Crippen molar-refractivity contribution < 1.29 is 0 Å².